The molecule has 2 aromatic rings. The Bertz CT molecular complexity index is 851. The molecule has 130 valence electrons. The third-order valence-corrected chi connectivity index (χ3v) is 5.01. The highest BCUT2D eigenvalue weighted by atomic mass is 32.2. The van der Waals surface area contributed by atoms with E-state index in [0.29, 0.717) is 0 Å². The summed E-state index contributed by atoms with van der Waals surface area (Å²) in [6.45, 7) is 6.91. The number of carbonyl (C=O) groups is 1. The molecule has 0 fully saturated rings. The lowest BCUT2D eigenvalue weighted by atomic mass is 10.0. The van der Waals surface area contributed by atoms with Crippen LogP contribution < -0.4 is 10.5 Å². The molecule has 0 aliphatic carbocycles. The Kier molecular flexibility index (Phi) is 5.15. The molecule has 3 N–H and O–H groups in total. The lowest BCUT2D eigenvalue weighted by Crippen LogP contribution is -2.29. The molecule has 0 spiro atoms. The average molecular weight is 350 g/mol. The normalized spacial score (nSPS) is 12.9. The lowest BCUT2D eigenvalue weighted by molar-refractivity contribution is 0.0935. The number of furan rings is 1. The van der Waals surface area contributed by atoms with Crippen molar-refractivity contribution in [1.29, 1.82) is 0 Å². The van der Waals surface area contributed by atoms with Crippen molar-refractivity contribution in [2.75, 3.05) is 0 Å². The first-order chi connectivity index (χ1) is 11.1. The van der Waals surface area contributed by atoms with Crippen LogP contribution in [-0.2, 0) is 16.4 Å². The molecule has 24 heavy (non-hydrogen) atoms. The van der Waals surface area contributed by atoms with Crippen molar-refractivity contribution >= 4 is 15.9 Å². The van der Waals surface area contributed by atoms with Gasteiger partial charge in [-0.05, 0) is 38.3 Å². The van der Waals surface area contributed by atoms with Crippen LogP contribution in [-0.4, -0.2) is 14.3 Å². The Labute approximate surface area is 142 Å². The van der Waals surface area contributed by atoms with Gasteiger partial charge in [0.05, 0.1) is 6.04 Å². The van der Waals surface area contributed by atoms with Gasteiger partial charge in [0.25, 0.3) is 5.91 Å². The predicted octanol–water partition coefficient (Wildman–Crippen LogP) is 2.60. The largest absolute Gasteiger partial charge is 0.464 e. The molecule has 0 aliphatic heterocycles. The summed E-state index contributed by atoms with van der Waals surface area (Å²) in [4.78, 5) is 12.3. The molecule has 0 radical (unpaired) electrons. The quantitative estimate of drug-likeness (QED) is 0.865. The summed E-state index contributed by atoms with van der Waals surface area (Å²) in [5.74, 6) is -0.192. The van der Waals surface area contributed by atoms with E-state index in [-0.39, 0.29) is 28.0 Å². The Balaban J connectivity index is 2.30. The maximum atomic E-state index is 12.6. The summed E-state index contributed by atoms with van der Waals surface area (Å²) in [6, 6.07) is 7.60. The van der Waals surface area contributed by atoms with E-state index in [1.165, 1.54) is 19.4 Å². The second-order valence-electron chi connectivity index (χ2n) is 5.75. The summed E-state index contributed by atoms with van der Waals surface area (Å²) in [5.41, 5.74) is 2.10. The third kappa shape index (κ3) is 3.68. The van der Waals surface area contributed by atoms with Gasteiger partial charge in [0.2, 0.25) is 10.0 Å². The van der Waals surface area contributed by atoms with Crippen LogP contribution in [0.25, 0.3) is 0 Å². The number of amides is 1. The molecule has 0 saturated carbocycles. The molecule has 1 heterocycles. The van der Waals surface area contributed by atoms with Crippen LogP contribution in [0.2, 0.25) is 0 Å². The van der Waals surface area contributed by atoms with Crippen LogP contribution in [0.5, 0.6) is 0 Å². The molecule has 2 rings (SSSR count). The highest BCUT2D eigenvalue weighted by Crippen LogP contribution is 2.26. The average Bonchev–Trinajstić information content (AvgIpc) is 2.81. The molecule has 6 nitrogen and oxygen atoms in total. The molecule has 0 bridgehead atoms. The van der Waals surface area contributed by atoms with E-state index in [0.717, 1.165) is 12.0 Å². The maximum Gasteiger partial charge on any atom is 0.256 e. The van der Waals surface area contributed by atoms with Crippen molar-refractivity contribution in [2.45, 2.75) is 45.1 Å². The summed E-state index contributed by atoms with van der Waals surface area (Å²) >= 11 is 0. The number of sulfonamides is 1. The van der Waals surface area contributed by atoms with Crippen LogP contribution in [0, 0.1) is 13.8 Å². The Morgan fingerprint density at radius 2 is 1.79 bits per heavy atom. The Morgan fingerprint density at radius 1 is 1.21 bits per heavy atom. The number of primary sulfonamides is 1. The summed E-state index contributed by atoms with van der Waals surface area (Å²) in [5, 5.41) is 8.01. The first-order valence-corrected chi connectivity index (χ1v) is 9.22. The second kappa shape index (κ2) is 6.78. The lowest BCUT2D eigenvalue weighted by Gasteiger charge is -2.15. The highest BCUT2D eigenvalue weighted by Gasteiger charge is 2.29. The molecule has 1 aromatic carbocycles. The number of nitrogens with one attached hydrogen (secondary N) is 1. The molecule has 0 aliphatic rings. The van der Waals surface area contributed by atoms with Crippen molar-refractivity contribution in [3.8, 4) is 0 Å². The molecule has 7 heteroatoms. The molecule has 1 amide bonds. The van der Waals surface area contributed by atoms with Crippen molar-refractivity contribution in [3.63, 3.8) is 0 Å². The van der Waals surface area contributed by atoms with Crippen molar-refractivity contribution in [2.24, 2.45) is 5.14 Å². The van der Waals surface area contributed by atoms with Crippen LogP contribution in [0.4, 0.5) is 0 Å². The minimum absolute atomic E-state index is 0.0352. The monoisotopic (exact) mass is 350 g/mol. The number of benzene rings is 1. The van der Waals surface area contributed by atoms with Gasteiger partial charge < -0.3 is 9.73 Å². The van der Waals surface area contributed by atoms with Crippen molar-refractivity contribution in [1.82, 2.24) is 5.32 Å². The second-order valence-corrected chi connectivity index (χ2v) is 7.25. The molecular weight excluding hydrogens is 328 g/mol. The Morgan fingerprint density at radius 3 is 2.29 bits per heavy atom. The summed E-state index contributed by atoms with van der Waals surface area (Å²) < 4.78 is 28.8. The first-order valence-electron chi connectivity index (χ1n) is 7.67. The zero-order chi connectivity index (χ0) is 18.1. The standard InChI is InChI=1S/C17H22N2O4S/c1-5-13-6-8-14(9-7-13)10(2)19-17(20)15-11(3)23-12(4)16(15)24(18,21)22/h6-10H,5H2,1-4H3,(H,19,20)(H2,18,21,22)/t10-/m1/s1. The highest BCUT2D eigenvalue weighted by molar-refractivity contribution is 7.89. The zero-order valence-electron chi connectivity index (χ0n) is 14.2. The van der Waals surface area contributed by atoms with E-state index < -0.39 is 15.9 Å². The van der Waals surface area contributed by atoms with Gasteiger partial charge in [-0.2, -0.15) is 0 Å². The fraction of sp³-hybridized carbons (Fsp3) is 0.353. The van der Waals surface area contributed by atoms with E-state index in [2.05, 4.69) is 12.2 Å². The molecule has 1 atom stereocenters. The number of hydrogen-bond acceptors (Lipinski definition) is 4. The van der Waals surface area contributed by atoms with Crippen LogP contribution >= 0.6 is 0 Å². The molecule has 0 saturated heterocycles. The van der Waals surface area contributed by atoms with Gasteiger partial charge in [-0.1, -0.05) is 31.2 Å². The van der Waals surface area contributed by atoms with Crippen LogP contribution in [0.15, 0.2) is 33.6 Å². The minimum Gasteiger partial charge on any atom is -0.464 e. The third-order valence-electron chi connectivity index (χ3n) is 3.95. The smallest absolute Gasteiger partial charge is 0.256 e. The van der Waals surface area contributed by atoms with Crippen LogP contribution in [0.1, 0.15) is 52.9 Å². The first kappa shape index (κ1) is 18.2. The minimum atomic E-state index is -4.05. The fourth-order valence-corrected chi connectivity index (χ4v) is 3.63. The fourth-order valence-electron chi connectivity index (χ4n) is 2.66. The summed E-state index contributed by atoms with van der Waals surface area (Å²) in [7, 11) is -4.05. The van der Waals surface area contributed by atoms with Crippen LogP contribution in [0.3, 0.4) is 0 Å². The van der Waals surface area contributed by atoms with Gasteiger partial charge >= 0.3 is 0 Å². The molecule has 0 unspecified atom stereocenters. The number of aryl methyl sites for hydroxylation is 3. The maximum absolute atomic E-state index is 12.6. The van der Waals surface area contributed by atoms with Gasteiger partial charge in [0, 0.05) is 0 Å². The number of nitrogens with two attached hydrogens (primary N) is 1. The number of carbonyl (C=O) groups excluding carboxylic acids is 1. The van der Waals surface area contributed by atoms with Gasteiger partial charge in [0.1, 0.15) is 22.0 Å². The topological polar surface area (TPSA) is 102 Å². The number of rotatable bonds is 5. The van der Waals surface area contributed by atoms with E-state index in [1.54, 1.807) is 0 Å². The van der Waals surface area contributed by atoms with Gasteiger partial charge in [0.15, 0.2) is 0 Å². The van der Waals surface area contributed by atoms with Gasteiger partial charge in [-0.25, -0.2) is 13.6 Å². The molecular formula is C17H22N2O4S. The van der Waals surface area contributed by atoms with Gasteiger partial charge in [-0.3, -0.25) is 4.79 Å². The van der Waals surface area contributed by atoms with E-state index in [9.17, 15) is 13.2 Å². The van der Waals surface area contributed by atoms with Gasteiger partial charge in [-0.15, -0.1) is 0 Å². The van der Waals surface area contributed by atoms with E-state index in [1.807, 2.05) is 31.2 Å². The summed E-state index contributed by atoms with van der Waals surface area (Å²) in [6.07, 6.45) is 0.937. The van der Waals surface area contributed by atoms with E-state index >= 15 is 0 Å². The number of hydrogen-bond donors (Lipinski definition) is 2. The van der Waals surface area contributed by atoms with E-state index in [4.69, 9.17) is 9.56 Å². The van der Waals surface area contributed by atoms with Crippen molar-refractivity contribution < 1.29 is 17.6 Å². The Hall–Kier alpha value is -2.12. The zero-order valence-corrected chi connectivity index (χ0v) is 15.0. The SMILES string of the molecule is CCc1ccc([C@@H](C)NC(=O)c2c(C)oc(C)c2S(N)(=O)=O)cc1. The van der Waals surface area contributed by atoms with Crippen molar-refractivity contribution in [3.05, 3.63) is 52.5 Å². The predicted molar refractivity (Wildman–Crippen MR) is 91.3 cm³/mol. The molecule has 1 aromatic heterocycles.